The van der Waals surface area contributed by atoms with Gasteiger partial charge in [-0.2, -0.15) is 10.4 Å². The molecule has 5 nitrogen and oxygen atoms in total. The van der Waals surface area contributed by atoms with Crippen LogP contribution in [-0.4, -0.2) is 27.6 Å². The Kier molecular flexibility index (Phi) is 5.58. The third kappa shape index (κ3) is 4.18. The van der Waals surface area contributed by atoms with Gasteiger partial charge < -0.3 is 4.90 Å². The lowest BCUT2D eigenvalue weighted by Crippen LogP contribution is -2.26. The molecule has 0 spiro atoms. The molecule has 3 rings (SSSR count). The molecule has 0 unspecified atom stereocenters. The van der Waals surface area contributed by atoms with Crippen molar-refractivity contribution in [1.29, 1.82) is 5.26 Å². The van der Waals surface area contributed by atoms with Crippen LogP contribution in [0, 0.1) is 18.3 Å². The van der Waals surface area contributed by atoms with Crippen molar-refractivity contribution in [1.82, 2.24) is 14.7 Å². The summed E-state index contributed by atoms with van der Waals surface area (Å²) >= 11 is 6.48. The Morgan fingerprint density at radius 2 is 1.81 bits per heavy atom. The molecule has 0 aliphatic heterocycles. The van der Waals surface area contributed by atoms with Crippen molar-refractivity contribution < 1.29 is 4.79 Å². The SMILES string of the molecule is Cc1nn(Cc2ccccc2)c(Cl)c1C(=O)N(C)Cc1ccc(C#N)cc1. The van der Waals surface area contributed by atoms with Crippen molar-refractivity contribution in [3.05, 3.63) is 87.7 Å². The molecular weight excluding hydrogens is 360 g/mol. The minimum atomic E-state index is -0.179. The number of nitriles is 1. The number of carbonyl (C=O) groups is 1. The second-order valence-electron chi connectivity index (χ2n) is 6.36. The van der Waals surface area contributed by atoms with E-state index in [9.17, 15) is 4.79 Å². The minimum absolute atomic E-state index is 0.179. The van der Waals surface area contributed by atoms with Crippen molar-refractivity contribution in [3.8, 4) is 6.07 Å². The lowest BCUT2D eigenvalue weighted by Gasteiger charge is -2.17. The van der Waals surface area contributed by atoms with E-state index in [1.807, 2.05) is 42.5 Å². The van der Waals surface area contributed by atoms with Crippen LogP contribution < -0.4 is 0 Å². The first-order valence-electron chi connectivity index (χ1n) is 8.51. The number of aromatic nitrogens is 2. The molecular formula is C21H19ClN4O. The Morgan fingerprint density at radius 1 is 1.15 bits per heavy atom. The monoisotopic (exact) mass is 378 g/mol. The number of rotatable bonds is 5. The van der Waals surface area contributed by atoms with Gasteiger partial charge in [0.2, 0.25) is 0 Å². The van der Waals surface area contributed by atoms with Crippen LogP contribution in [0.15, 0.2) is 54.6 Å². The molecule has 1 heterocycles. The summed E-state index contributed by atoms with van der Waals surface area (Å²) in [5.74, 6) is -0.179. The fraction of sp³-hybridized carbons (Fsp3) is 0.190. The lowest BCUT2D eigenvalue weighted by molar-refractivity contribution is 0.0784. The van der Waals surface area contributed by atoms with E-state index in [2.05, 4.69) is 11.2 Å². The van der Waals surface area contributed by atoms with Crippen LogP contribution in [0.4, 0.5) is 0 Å². The molecule has 0 aliphatic carbocycles. The maximum Gasteiger partial charge on any atom is 0.258 e. The largest absolute Gasteiger partial charge is 0.337 e. The molecule has 0 bridgehead atoms. The van der Waals surface area contributed by atoms with Gasteiger partial charge >= 0.3 is 0 Å². The number of benzene rings is 2. The van der Waals surface area contributed by atoms with Crippen LogP contribution in [0.3, 0.4) is 0 Å². The zero-order valence-electron chi connectivity index (χ0n) is 15.2. The zero-order valence-corrected chi connectivity index (χ0v) is 15.9. The van der Waals surface area contributed by atoms with E-state index >= 15 is 0 Å². The van der Waals surface area contributed by atoms with Crippen molar-refractivity contribution in [2.75, 3.05) is 7.05 Å². The number of aryl methyl sites for hydroxylation is 1. The van der Waals surface area contributed by atoms with E-state index < -0.39 is 0 Å². The molecule has 0 N–H and O–H groups in total. The summed E-state index contributed by atoms with van der Waals surface area (Å²) in [7, 11) is 1.73. The van der Waals surface area contributed by atoms with Crippen molar-refractivity contribution >= 4 is 17.5 Å². The molecule has 136 valence electrons. The highest BCUT2D eigenvalue weighted by molar-refractivity contribution is 6.33. The van der Waals surface area contributed by atoms with Gasteiger partial charge in [0.25, 0.3) is 5.91 Å². The van der Waals surface area contributed by atoms with Gasteiger partial charge in [0.05, 0.1) is 29.4 Å². The van der Waals surface area contributed by atoms with Crippen LogP contribution in [0.2, 0.25) is 5.15 Å². The number of halogens is 1. The van der Waals surface area contributed by atoms with Gasteiger partial charge in [-0.1, -0.05) is 54.1 Å². The highest BCUT2D eigenvalue weighted by Gasteiger charge is 2.23. The predicted molar refractivity (Wildman–Crippen MR) is 104 cm³/mol. The normalized spacial score (nSPS) is 10.4. The number of hydrogen-bond acceptors (Lipinski definition) is 3. The summed E-state index contributed by atoms with van der Waals surface area (Å²) in [6, 6.07) is 19.1. The predicted octanol–water partition coefficient (Wildman–Crippen LogP) is 4.04. The molecule has 1 amide bonds. The zero-order chi connectivity index (χ0) is 19.4. The summed E-state index contributed by atoms with van der Waals surface area (Å²) in [6.45, 7) is 2.72. The smallest absolute Gasteiger partial charge is 0.258 e. The van der Waals surface area contributed by atoms with Gasteiger partial charge in [0.1, 0.15) is 5.15 Å². The number of amides is 1. The van der Waals surface area contributed by atoms with Crippen LogP contribution in [0.1, 0.15) is 32.7 Å². The summed E-state index contributed by atoms with van der Waals surface area (Å²) in [6.07, 6.45) is 0. The number of nitrogens with zero attached hydrogens (tertiary/aromatic N) is 4. The van der Waals surface area contributed by atoms with Gasteiger partial charge in [-0.15, -0.1) is 0 Å². The van der Waals surface area contributed by atoms with E-state index in [1.54, 1.807) is 35.7 Å². The van der Waals surface area contributed by atoms with Crippen LogP contribution >= 0.6 is 11.6 Å². The number of carbonyl (C=O) groups excluding carboxylic acids is 1. The molecule has 3 aromatic rings. The van der Waals surface area contributed by atoms with Crippen LogP contribution in [0.25, 0.3) is 0 Å². The molecule has 1 aromatic heterocycles. The molecule has 0 radical (unpaired) electrons. The van der Waals surface area contributed by atoms with Gasteiger partial charge in [0, 0.05) is 13.6 Å². The Bertz CT molecular complexity index is 988. The van der Waals surface area contributed by atoms with Gasteiger partial charge in [-0.05, 0) is 30.2 Å². The van der Waals surface area contributed by atoms with Gasteiger partial charge in [-0.25, -0.2) is 4.68 Å². The Hall–Kier alpha value is -3.10. The third-order valence-electron chi connectivity index (χ3n) is 4.30. The maximum absolute atomic E-state index is 12.9. The van der Waals surface area contributed by atoms with E-state index in [0.717, 1.165) is 11.1 Å². The van der Waals surface area contributed by atoms with Crippen molar-refractivity contribution in [3.63, 3.8) is 0 Å². The average Bonchev–Trinajstić information content (AvgIpc) is 2.95. The fourth-order valence-electron chi connectivity index (χ4n) is 2.88. The van der Waals surface area contributed by atoms with E-state index in [0.29, 0.717) is 35.1 Å². The Balaban J connectivity index is 1.78. The molecule has 6 heteroatoms. The Labute approximate surface area is 163 Å². The highest BCUT2D eigenvalue weighted by atomic mass is 35.5. The van der Waals surface area contributed by atoms with E-state index in [1.165, 1.54) is 0 Å². The van der Waals surface area contributed by atoms with Gasteiger partial charge in [0.15, 0.2) is 0 Å². The van der Waals surface area contributed by atoms with Gasteiger partial charge in [-0.3, -0.25) is 4.79 Å². The summed E-state index contributed by atoms with van der Waals surface area (Å²) in [5, 5.41) is 13.7. The quantitative estimate of drug-likeness (QED) is 0.673. The molecule has 0 atom stereocenters. The van der Waals surface area contributed by atoms with Crippen molar-refractivity contribution in [2.45, 2.75) is 20.0 Å². The second kappa shape index (κ2) is 8.07. The third-order valence-corrected chi connectivity index (χ3v) is 4.69. The molecule has 2 aromatic carbocycles. The summed E-state index contributed by atoms with van der Waals surface area (Å²) in [4.78, 5) is 14.5. The van der Waals surface area contributed by atoms with Crippen LogP contribution in [-0.2, 0) is 13.1 Å². The maximum atomic E-state index is 12.9. The first kappa shape index (κ1) is 18.7. The standard InChI is InChI=1S/C21H19ClN4O/c1-15-19(20(22)26(24-15)14-17-6-4-3-5-7-17)21(27)25(2)13-18-10-8-16(12-23)9-11-18/h3-11H,13-14H2,1-2H3. The fourth-order valence-corrected chi connectivity index (χ4v) is 3.19. The molecule has 0 aliphatic rings. The Morgan fingerprint density at radius 3 is 2.44 bits per heavy atom. The van der Waals surface area contributed by atoms with Crippen LogP contribution in [0.5, 0.6) is 0 Å². The molecule has 27 heavy (non-hydrogen) atoms. The average molecular weight is 379 g/mol. The topological polar surface area (TPSA) is 61.9 Å². The lowest BCUT2D eigenvalue weighted by atomic mass is 10.1. The van der Waals surface area contributed by atoms with Crippen molar-refractivity contribution in [2.24, 2.45) is 0 Å². The minimum Gasteiger partial charge on any atom is -0.337 e. The number of hydrogen-bond donors (Lipinski definition) is 0. The first-order chi connectivity index (χ1) is 13.0. The second-order valence-corrected chi connectivity index (χ2v) is 6.72. The first-order valence-corrected chi connectivity index (χ1v) is 8.88. The summed E-state index contributed by atoms with van der Waals surface area (Å²) in [5.41, 5.74) is 3.62. The van der Waals surface area contributed by atoms with E-state index in [-0.39, 0.29) is 5.91 Å². The van der Waals surface area contributed by atoms with E-state index in [4.69, 9.17) is 16.9 Å². The summed E-state index contributed by atoms with van der Waals surface area (Å²) < 4.78 is 1.65. The molecule has 0 saturated carbocycles. The molecule has 0 fully saturated rings. The highest BCUT2D eigenvalue weighted by Crippen LogP contribution is 2.23. The molecule has 0 saturated heterocycles.